The van der Waals surface area contributed by atoms with Crippen LogP contribution in [0.25, 0.3) is 11.0 Å². The molecule has 0 aliphatic rings. The van der Waals surface area contributed by atoms with Crippen LogP contribution in [0, 0.1) is 12.3 Å². The zero-order chi connectivity index (χ0) is 11.5. The Balaban J connectivity index is 2.64. The van der Waals surface area contributed by atoms with Crippen LogP contribution in [0.3, 0.4) is 0 Å². The molecule has 16 heavy (non-hydrogen) atoms. The summed E-state index contributed by atoms with van der Waals surface area (Å²) < 4.78 is 1.89. The maximum absolute atomic E-state index is 9.89. The van der Waals surface area contributed by atoms with Crippen LogP contribution in [0.15, 0.2) is 24.3 Å². The van der Waals surface area contributed by atoms with Gasteiger partial charge in [-0.15, -0.1) is 6.42 Å². The van der Waals surface area contributed by atoms with E-state index in [9.17, 15) is 5.11 Å². The first-order chi connectivity index (χ1) is 7.77. The van der Waals surface area contributed by atoms with Crippen LogP contribution in [0.4, 0.5) is 0 Å². The third-order valence-corrected chi connectivity index (χ3v) is 2.62. The molecule has 0 saturated carbocycles. The van der Waals surface area contributed by atoms with E-state index >= 15 is 0 Å². The molecule has 0 saturated heterocycles. The first-order valence-corrected chi connectivity index (χ1v) is 5.34. The molecule has 3 heteroatoms. The molecule has 3 nitrogen and oxygen atoms in total. The van der Waals surface area contributed by atoms with Crippen molar-refractivity contribution in [2.75, 3.05) is 0 Å². The van der Waals surface area contributed by atoms with Crippen LogP contribution in [0.1, 0.15) is 25.3 Å². The number of benzene rings is 1. The van der Waals surface area contributed by atoms with Gasteiger partial charge < -0.3 is 9.67 Å². The highest BCUT2D eigenvalue weighted by Gasteiger charge is 2.15. The second kappa shape index (κ2) is 4.38. The van der Waals surface area contributed by atoms with Crippen molar-refractivity contribution in [3.05, 3.63) is 30.1 Å². The third-order valence-electron chi connectivity index (χ3n) is 2.62. The molecule has 1 N–H and O–H groups in total. The molecule has 82 valence electrons. The predicted molar refractivity (Wildman–Crippen MR) is 63.8 cm³/mol. The van der Waals surface area contributed by atoms with E-state index in [1.165, 1.54) is 0 Å². The Morgan fingerprint density at radius 3 is 2.94 bits per heavy atom. The van der Waals surface area contributed by atoms with Gasteiger partial charge in [0.25, 0.3) is 0 Å². The van der Waals surface area contributed by atoms with Crippen molar-refractivity contribution in [2.45, 2.75) is 26.0 Å². The Morgan fingerprint density at radius 1 is 1.50 bits per heavy atom. The number of hydrogen-bond donors (Lipinski definition) is 1. The summed E-state index contributed by atoms with van der Waals surface area (Å²) in [6.07, 6.45) is 5.42. The monoisotopic (exact) mass is 214 g/mol. The van der Waals surface area contributed by atoms with Gasteiger partial charge in [0.15, 0.2) is 0 Å². The first kappa shape index (κ1) is 10.7. The van der Waals surface area contributed by atoms with E-state index in [2.05, 4.69) is 10.9 Å². The summed E-state index contributed by atoms with van der Waals surface area (Å²) in [6, 6.07) is 7.76. The van der Waals surface area contributed by atoms with Crippen molar-refractivity contribution in [3.63, 3.8) is 0 Å². The lowest BCUT2D eigenvalue weighted by atomic mass is 10.2. The SMILES string of the molecule is C#CCn1c([C@@H](O)CC)nc2ccccc21. The van der Waals surface area contributed by atoms with Crippen molar-refractivity contribution < 1.29 is 5.11 Å². The summed E-state index contributed by atoms with van der Waals surface area (Å²) >= 11 is 0. The Bertz CT molecular complexity index is 536. The van der Waals surface area contributed by atoms with E-state index in [1.54, 1.807) is 0 Å². The summed E-state index contributed by atoms with van der Waals surface area (Å²) in [6.45, 7) is 2.36. The van der Waals surface area contributed by atoms with Gasteiger partial charge in [-0.3, -0.25) is 0 Å². The number of nitrogens with zero attached hydrogens (tertiary/aromatic N) is 2. The molecule has 0 aliphatic heterocycles. The van der Waals surface area contributed by atoms with Crippen LogP contribution in [0.5, 0.6) is 0 Å². The summed E-state index contributed by atoms with van der Waals surface area (Å²) in [4.78, 5) is 4.42. The number of para-hydroxylation sites is 2. The van der Waals surface area contributed by atoms with E-state index in [-0.39, 0.29) is 0 Å². The largest absolute Gasteiger partial charge is 0.385 e. The molecule has 2 rings (SSSR count). The van der Waals surface area contributed by atoms with Gasteiger partial charge in [0, 0.05) is 0 Å². The topological polar surface area (TPSA) is 38.0 Å². The van der Waals surface area contributed by atoms with E-state index < -0.39 is 6.10 Å². The summed E-state index contributed by atoms with van der Waals surface area (Å²) in [5, 5.41) is 9.89. The fraction of sp³-hybridized carbons (Fsp3) is 0.308. The minimum atomic E-state index is -0.555. The van der Waals surface area contributed by atoms with Crippen LogP contribution >= 0.6 is 0 Å². The molecule has 1 atom stereocenters. The van der Waals surface area contributed by atoms with E-state index in [0.29, 0.717) is 18.8 Å². The van der Waals surface area contributed by atoms with E-state index in [0.717, 1.165) is 11.0 Å². The number of aliphatic hydroxyl groups is 1. The molecule has 0 fully saturated rings. The molecule has 2 aromatic rings. The molecular weight excluding hydrogens is 200 g/mol. The molecule has 1 heterocycles. The number of terminal acetylenes is 1. The smallest absolute Gasteiger partial charge is 0.139 e. The second-order valence-corrected chi connectivity index (χ2v) is 3.67. The normalized spacial score (nSPS) is 12.6. The van der Waals surface area contributed by atoms with E-state index in [4.69, 9.17) is 6.42 Å². The molecule has 0 amide bonds. The molecule has 1 aromatic carbocycles. The molecule has 0 unspecified atom stereocenters. The minimum absolute atomic E-state index is 0.437. The van der Waals surface area contributed by atoms with Crippen LogP contribution in [0.2, 0.25) is 0 Å². The third kappa shape index (κ3) is 1.68. The molecule has 1 aromatic heterocycles. The Morgan fingerprint density at radius 2 is 2.25 bits per heavy atom. The number of fused-ring (bicyclic) bond motifs is 1. The summed E-state index contributed by atoms with van der Waals surface area (Å²) in [5.41, 5.74) is 1.85. The van der Waals surface area contributed by atoms with Gasteiger partial charge in [-0.2, -0.15) is 0 Å². The summed E-state index contributed by atoms with van der Waals surface area (Å²) in [7, 11) is 0. The van der Waals surface area contributed by atoms with Crippen LogP contribution < -0.4 is 0 Å². The molecular formula is C13H14N2O. The van der Waals surface area contributed by atoms with Gasteiger partial charge in [0.05, 0.1) is 17.6 Å². The zero-order valence-corrected chi connectivity index (χ0v) is 9.22. The minimum Gasteiger partial charge on any atom is -0.385 e. The lowest BCUT2D eigenvalue weighted by Gasteiger charge is -2.09. The number of rotatable bonds is 3. The molecule has 0 bridgehead atoms. The Hall–Kier alpha value is -1.79. The lowest BCUT2D eigenvalue weighted by Crippen LogP contribution is -2.07. The first-order valence-electron chi connectivity index (χ1n) is 5.34. The zero-order valence-electron chi connectivity index (χ0n) is 9.22. The maximum Gasteiger partial charge on any atom is 0.139 e. The van der Waals surface area contributed by atoms with Gasteiger partial charge >= 0.3 is 0 Å². The van der Waals surface area contributed by atoms with Crippen molar-refractivity contribution in [1.29, 1.82) is 0 Å². The molecule has 0 radical (unpaired) electrons. The fourth-order valence-electron chi connectivity index (χ4n) is 1.79. The number of hydrogen-bond acceptors (Lipinski definition) is 2. The molecule has 0 spiro atoms. The van der Waals surface area contributed by atoms with Gasteiger partial charge in [-0.05, 0) is 18.6 Å². The highest BCUT2D eigenvalue weighted by Crippen LogP contribution is 2.22. The fourth-order valence-corrected chi connectivity index (χ4v) is 1.79. The van der Waals surface area contributed by atoms with Crippen LogP contribution in [-0.4, -0.2) is 14.7 Å². The van der Waals surface area contributed by atoms with Gasteiger partial charge in [0.1, 0.15) is 11.9 Å². The lowest BCUT2D eigenvalue weighted by molar-refractivity contribution is 0.160. The van der Waals surface area contributed by atoms with Gasteiger partial charge in [-0.1, -0.05) is 25.0 Å². The summed E-state index contributed by atoms with van der Waals surface area (Å²) in [5.74, 6) is 3.25. The average molecular weight is 214 g/mol. The van der Waals surface area contributed by atoms with Crippen molar-refractivity contribution in [2.24, 2.45) is 0 Å². The number of aliphatic hydroxyl groups excluding tert-OH is 1. The quantitative estimate of drug-likeness (QED) is 0.795. The number of imidazole rings is 1. The van der Waals surface area contributed by atoms with E-state index in [1.807, 2.05) is 35.8 Å². The maximum atomic E-state index is 9.89. The second-order valence-electron chi connectivity index (χ2n) is 3.67. The van der Waals surface area contributed by atoms with Crippen LogP contribution in [-0.2, 0) is 6.54 Å². The highest BCUT2D eigenvalue weighted by atomic mass is 16.3. The van der Waals surface area contributed by atoms with Crippen molar-refractivity contribution >= 4 is 11.0 Å². The average Bonchev–Trinajstić information content (AvgIpc) is 2.68. The van der Waals surface area contributed by atoms with Gasteiger partial charge in [-0.25, -0.2) is 4.98 Å². The highest BCUT2D eigenvalue weighted by molar-refractivity contribution is 5.76. The number of aromatic nitrogens is 2. The van der Waals surface area contributed by atoms with Crippen molar-refractivity contribution in [3.8, 4) is 12.3 Å². The Labute approximate surface area is 94.7 Å². The standard InChI is InChI=1S/C13H14N2O/c1-3-9-15-11-8-6-5-7-10(11)14-13(15)12(16)4-2/h1,5-8,12,16H,4,9H2,2H3/t12-/m0/s1. The van der Waals surface area contributed by atoms with Crippen molar-refractivity contribution in [1.82, 2.24) is 9.55 Å². The molecule has 0 aliphatic carbocycles. The predicted octanol–water partition coefficient (Wildman–Crippen LogP) is 2.11. The van der Waals surface area contributed by atoms with Gasteiger partial charge in [0.2, 0.25) is 0 Å². The Kier molecular flexibility index (Phi) is 2.93.